The predicted octanol–water partition coefficient (Wildman–Crippen LogP) is 3.18. The van der Waals surface area contributed by atoms with Crippen LogP contribution in [0.2, 0.25) is 0 Å². The first-order valence-electron chi connectivity index (χ1n) is 7.58. The van der Waals surface area contributed by atoms with Gasteiger partial charge in [-0.1, -0.05) is 12.8 Å². The van der Waals surface area contributed by atoms with E-state index in [1.807, 2.05) is 0 Å². The molecule has 1 saturated carbocycles. The van der Waals surface area contributed by atoms with Crippen LogP contribution in [0.25, 0.3) is 0 Å². The molecule has 0 aromatic heterocycles. The van der Waals surface area contributed by atoms with Crippen molar-refractivity contribution in [2.45, 2.75) is 57.2 Å². The molecule has 0 aromatic carbocycles. The van der Waals surface area contributed by atoms with Crippen LogP contribution in [-0.4, -0.2) is 43.3 Å². The molecule has 2 unspecified atom stereocenters. The zero-order chi connectivity index (χ0) is 13.7. The summed E-state index contributed by atoms with van der Waals surface area (Å²) in [6, 6.07) is 0.0603. The fraction of sp³-hybridized carbons (Fsp3) is 1.00. The first-order chi connectivity index (χ1) is 9.05. The Balaban J connectivity index is 1.65. The standard InChI is InChI=1S/C14H25F3N2/c15-14(16,17)12-5-4-6-13(11-12)18-7-10-19-8-2-1-3-9-19/h12-13,18H,1-11H2. The van der Waals surface area contributed by atoms with E-state index in [0.717, 1.165) is 32.6 Å². The van der Waals surface area contributed by atoms with Gasteiger partial charge in [-0.25, -0.2) is 0 Å². The third kappa shape index (κ3) is 4.95. The molecule has 1 aliphatic carbocycles. The van der Waals surface area contributed by atoms with Gasteiger partial charge in [-0.2, -0.15) is 13.2 Å². The van der Waals surface area contributed by atoms with Crippen molar-refractivity contribution in [3.63, 3.8) is 0 Å². The van der Waals surface area contributed by atoms with Gasteiger partial charge in [0.05, 0.1) is 5.92 Å². The van der Waals surface area contributed by atoms with E-state index in [4.69, 9.17) is 0 Å². The molecule has 0 amide bonds. The van der Waals surface area contributed by atoms with Crippen molar-refractivity contribution < 1.29 is 13.2 Å². The van der Waals surface area contributed by atoms with E-state index in [-0.39, 0.29) is 12.5 Å². The lowest BCUT2D eigenvalue weighted by atomic mass is 9.85. The second kappa shape index (κ2) is 6.93. The van der Waals surface area contributed by atoms with Crippen LogP contribution in [0.1, 0.15) is 44.9 Å². The molecule has 2 nitrogen and oxygen atoms in total. The van der Waals surface area contributed by atoms with Gasteiger partial charge in [0.15, 0.2) is 0 Å². The molecule has 0 aromatic rings. The maximum atomic E-state index is 12.7. The molecular weight excluding hydrogens is 253 g/mol. The molecule has 1 N–H and O–H groups in total. The average molecular weight is 278 g/mol. The molecule has 0 bridgehead atoms. The summed E-state index contributed by atoms with van der Waals surface area (Å²) in [5.41, 5.74) is 0. The number of alkyl halides is 3. The number of hydrogen-bond donors (Lipinski definition) is 1. The molecule has 2 atom stereocenters. The molecule has 0 spiro atoms. The molecule has 112 valence electrons. The third-order valence-electron chi connectivity index (χ3n) is 4.45. The topological polar surface area (TPSA) is 15.3 Å². The second-order valence-corrected chi connectivity index (χ2v) is 5.96. The summed E-state index contributed by atoms with van der Waals surface area (Å²) < 4.78 is 38.1. The lowest BCUT2D eigenvalue weighted by Gasteiger charge is -2.32. The molecule has 2 fully saturated rings. The van der Waals surface area contributed by atoms with Crippen LogP contribution in [0, 0.1) is 5.92 Å². The van der Waals surface area contributed by atoms with Crippen molar-refractivity contribution in [2.24, 2.45) is 5.92 Å². The predicted molar refractivity (Wildman–Crippen MR) is 70.1 cm³/mol. The van der Waals surface area contributed by atoms with Gasteiger partial charge in [-0.05, 0) is 45.2 Å². The zero-order valence-electron chi connectivity index (χ0n) is 11.5. The van der Waals surface area contributed by atoms with Crippen molar-refractivity contribution in [3.8, 4) is 0 Å². The molecule has 19 heavy (non-hydrogen) atoms. The van der Waals surface area contributed by atoms with Gasteiger partial charge in [0.2, 0.25) is 0 Å². The summed E-state index contributed by atoms with van der Waals surface area (Å²) in [5, 5.41) is 3.33. The average Bonchev–Trinajstić information content (AvgIpc) is 2.39. The Morgan fingerprint density at radius 3 is 2.42 bits per heavy atom. The van der Waals surface area contributed by atoms with Gasteiger partial charge in [-0.3, -0.25) is 0 Å². The summed E-state index contributed by atoms with van der Waals surface area (Å²) in [4.78, 5) is 2.42. The molecule has 1 saturated heterocycles. The van der Waals surface area contributed by atoms with Crippen molar-refractivity contribution >= 4 is 0 Å². The Hall–Kier alpha value is -0.290. The largest absolute Gasteiger partial charge is 0.391 e. The molecule has 1 aliphatic heterocycles. The van der Waals surface area contributed by atoms with Crippen molar-refractivity contribution in [3.05, 3.63) is 0 Å². The number of nitrogens with zero attached hydrogens (tertiary/aromatic N) is 1. The number of likely N-dealkylation sites (tertiary alicyclic amines) is 1. The van der Waals surface area contributed by atoms with E-state index in [9.17, 15) is 13.2 Å². The lowest BCUT2D eigenvalue weighted by molar-refractivity contribution is -0.183. The summed E-state index contributed by atoms with van der Waals surface area (Å²) in [6.45, 7) is 4.11. The van der Waals surface area contributed by atoms with Gasteiger partial charge in [0, 0.05) is 19.1 Å². The van der Waals surface area contributed by atoms with Crippen molar-refractivity contribution in [2.75, 3.05) is 26.2 Å². The van der Waals surface area contributed by atoms with Crippen LogP contribution < -0.4 is 5.32 Å². The van der Waals surface area contributed by atoms with Crippen molar-refractivity contribution in [1.29, 1.82) is 0 Å². The first-order valence-corrected chi connectivity index (χ1v) is 7.58. The Bertz CT molecular complexity index is 262. The number of rotatable bonds is 4. The van der Waals surface area contributed by atoms with Crippen LogP contribution in [0.5, 0.6) is 0 Å². The fourth-order valence-electron chi connectivity index (χ4n) is 3.28. The van der Waals surface area contributed by atoms with Crippen LogP contribution in [-0.2, 0) is 0 Å². The minimum absolute atomic E-state index is 0.0603. The summed E-state index contributed by atoms with van der Waals surface area (Å²) in [7, 11) is 0. The smallest absolute Gasteiger partial charge is 0.313 e. The maximum Gasteiger partial charge on any atom is 0.391 e. The highest BCUT2D eigenvalue weighted by Gasteiger charge is 2.41. The zero-order valence-corrected chi connectivity index (χ0v) is 11.5. The van der Waals surface area contributed by atoms with Gasteiger partial charge in [-0.15, -0.1) is 0 Å². The third-order valence-corrected chi connectivity index (χ3v) is 4.45. The van der Waals surface area contributed by atoms with Gasteiger partial charge >= 0.3 is 6.18 Å². The van der Waals surface area contributed by atoms with Gasteiger partial charge < -0.3 is 10.2 Å². The maximum absolute atomic E-state index is 12.7. The summed E-state index contributed by atoms with van der Waals surface area (Å²) in [5.74, 6) is -1.09. The fourth-order valence-corrected chi connectivity index (χ4v) is 3.28. The van der Waals surface area contributed by atoms with Crippen LogP contribution >= 0.6 is 0 Å². The van der Waals surface area contributed by atoms with E-state index in [1.54, 1.807) is 0 Å². The second-order valence-electron chi connectivity index (χ2n) is 5.96. The molecule has 2 rings (SSSR count). The monoisotopic (exact) mass is 278 g/mol. The minimum Gasteiger partial charge on any atom is -0.313 e. The quantitative estimate of drug-likeness (QED) is 0.849. The highest BCUT2D eigenvalue weighted by molar-refractivity contribution is 4.82. The Morgan fingerprint density at radius 1 is 1.00 bits per heavy atom. The van der Waals surface area contributed by atoms with Gasteiger partial charge in [0.25, 0.3) is 0 Å². The molecular formula is C14H25F3N2. The van der Waals surface area contributed by atoms with E-state index < -0.39 is 12.1 Å². The van der Waals surface area contributed by atoms with E-state index in [2.05, 4.69) is 10.2 Å². The van der Waals surface area contributed by atoms with E-state index >= 15 is 0 Å². The molecule has 5 heteroatoms. The highest BCUT2D eigenvalue weighted by atomic mass is 19.4. The lowest BCUT2D eigenvalue weighted by Crippen LogP contribution is -2.42. The van der Waals surface area contributed by atoms with E-state index in [1.165, 1.54) is 19.3 Å². The van der Waals surface area contributed by atoms with E-state index in [0.29, 0.717) is 12.8 Å². The number of piperidine rings is 1. The Kier molecular flexibility index (Phi) is 5.51. The summed E-state index contributed by atoms with van der Waals surface area (Å²) in [6.07, 6.45) is 2.02. The summed E-state index contributed by atoms with van der Waals surface area (Å²) >= 11 is 0. The van der Waals surface area contributed by atoms with Crippen LogP contribution in [0.3, 0.4) is 0 Å². The number of nitrogens with one attached hydrogen (secondary N) is 1. The Labute approximate surface area is 113 Å². The SMILES string of the molecule is FC(F)(F)C1CCCC(NCCN2CCCCC2)C1. The van der Waals surface area contributed by atoms with Crippen LogP contribution in [0.15, 0.2) is 0 Å². The normalized spacial score (nSPS) is 30.5. The minimum atomic E-state index is -4.01. The number of halogens is 3. The Morgan fingerprint density at radius 2 is 1.74 bits per heavy atom. The molecule has 2 aliphatic rings. The highest BCUT2D eigenvalue weighted by Crippen LogP contribution is 2.37. The van der Waals surface area contributed by atoms with Gasteiger partial charge in [0.1, 0.15) is 0 Å². The van der Waals surface area contributed by atoms with Crippen LogP contribution in [0.4, 0.5) is 13.2 Å². The number of hydrogen-bond acceptors (Lipinski definition) is 2. The van der Waals surface area contributed by atoms with Crippen molar-refractivity contribution in [1.82, 2.24) is 10.2 Å². The first kappa shape index (κ1) is 15.1. The molecule has 1 heterocycles. The molecule has 0 radical (unpaired) electrons.